The first-order valence-corrected chi connectivity index (χ1v) is 7.82. The first-order valence-electron chi connectivity index (χ1n) is 7.82. The van der Waals surface area contributed by atoms with Gasteiger partial charge in [0.15, 0.2) is 0 Å². The molecule has 1 radical (unpaired) electrons. The van der Waals surface area contributed by atoms with Gasteiger partial charge < -0.3 is 10.5 Å². The number of rotatable bonds is 5. The Hall–Kier alpha value is -2.72. The number of amides is 1. The van der Waals surface area contributed by atoms with Crippen LogP contribution in [0.25, 0.3) is 11.0 Å². The number of nitrogens with two attached hydrogens (primary N) is 1. The molecule has 2 aromatic rings. The molecule has 0 bridgehead atoms. The fraction of sp³-hybridized carbons (Fsp3) is 0.353. The number of nitriles is 1. The highest BCUT2D eigenvalue weighted by Gasteiger charge is 2.26. The van der Waals surface area contributed by atoms with E-state index in [4.69, 9.17) is 15.7 Å². The van der Waals surface area contributed by atoms with Gasteiger partial charge in [-0.05, 0) is 44.0 Å². The lowest BCUT2D eigenvalue weighted by atomic mass is 10.0. The number of ether oxygens (including phenoxy) is 1. The van der Waals surface area contributed by atoms with Crippen LogP contribution in [-0.2, 0) is 4.79 Å². The zero-order valence-electron chi connectivity index (χ0n) is 13.2. The number of aromatic nitrogens is 2. The number of carbonyl (C=O) groups excluding carboxylic acids is 1. The van der Waals surface area contributed by atoms with E-state index in [9.17, 15) is 4.79 Å². The van der Waals surface area contributed by atoms with E-state index in [2.05, 4.69) is 22.5 Å². The van der Waals surface area contributed by atoms with Crippen LogP contribution in [0.5, 0.6) is 5.88 Å². The van der Waals surface area contributed by atoms with E-state index in [-0.39, 0.29) is 11.9 Å². The van der Waals surface area contributed by atoms with Crippen molar-refractivity contribution in [3.63, 3.8) is 0 Å². The van der Waals surface area contributed by atoms with E-state index >= 15 is 0 Å². The van der Waals surface area contributed by atoms with E-state index in [0.717, 1.165) is 13.0 Å². The average molecular weight is 324 g/mol. The van der Waals surface area contributed by atoms with Gasteiger partial charge >= 0.3 is 0 Å². The maximum absolute atomic E-state index is 11.5. The Balaban J connectivity index is 1.63. The van der Waals surface area contributed by atoms with Crippen molar-refractivity contribution in [2.45, 2.75) is 18.9 Å². The van der Waals surface area contributed by atoms with Gasteiger partial charge in [0.05, 0.1) is 34.9 Å². The Bertz CT molecular complexity index is 786. The van der Waals surface area contributed by atoms with Crippen molar-refractivity contribution in [1.82, 2.24) is 14.9 Å². The number of benzene rings is 1. The van der Waals surface area contributed by atoms with Crippen LogP contribution in [0.15, 0.2) is 24.4 Å². The zero-order valence-corrected chi connectivity index (χ0v) is 13.2. The third-order valence-electron chi connectivity index (χ3n) is 4.06. The highest BCUT2D eigenvalue weighted by molar-refractivity contribution is 5.80. The van der Waals surface area contributed by atoms with Gasteiger partial charge in [-0.25, -0.2) is 9.97 Å². The number of primary amides is 1. The second kappa shape index (κ2) is 7.23. The topological polar surface area (TPSA) is 105 Å². The fourth-order valence-electron chi connectivity index (χ4n) is 2.80. The summed E-state index contributed by atoms with van der Waals surface area (Å²) in [5, 5.41) is 8.95. The van der Waals surface area contributed by atoms with Crippen LogP contribution < -0.4 is 10.5 Å². The molecular weight excluding hydrogens is 306 g/mol. The number of hydrogen-bond acceptors (Lipinski definition) is 6. The number of fused-ring (bicyclic) bond motifs is 1. The molecule has 3 rings (SSSR count). The minimum absolute atomic E-state index is 0.261. The van der Waals surface area contributed by atoms with Gasteiger partial charge in [-0.15, -0.1) is 0 Å². The van der Waals surface area contributed by atoms with Gasteiger partial charge in [0, 0.05) is 6.54 Å². The lowest BCUT2D eigenvalue weighted by molar-refractivity contribution is -0.123. The molecular formula is C17H18N5O2. The van der Waals surface area contributed by atoms with Gasteiger partial charge in [0.2, 0.25) is 11.8 Å². The molecule has 1 fully saturated rings. The summed E-state index contributed by atoms with van der Waals surface area (Å²) >= 11 is 0. The van der Waals surface area contributed by atoms with Crippen LogP contribution in [0, 0.1) is 17.8 Å². The lowest BCUT2D eigenvalue weighted by Gasteiger charge is -2.33. The molecule has 0 aliphatic carbocycles. The normalized spacial score (nSPS) is 18.2. The standard InChI is InChI=1S/C17H18N5O2/c18-10-12-4-5-13-14(9-12)21-16(11-20-13)24-8-7-22-6-2-1-3-15(22)17(19)23/h1,4-5,9,11,15H,2-3,6-8H2,(H2,19,23). The SMILES string of the molecule is N#Cc1ccc2ncc(OCCN3CC[CH]CC3C(N)=O)nc2c1. The maximum Gasteiger partial charge on any atom is 0.234 e. The Labute approximate surface area is 140 Å². The summed E-state index contributed by atoms with van der Waals surface area (Å²) in [7, 11) is 0. The summed E-state index contributed by atoms with van der Waals surface area (Å²) in [6.07, 6.45) is 5.27. The second-order valence-corrected chi connectivity index (χ2v) is 5.64. The van der Waals surface area contributed by atoms with Gasteiger partial charge in [-0.2, -0.15) is 5.26 Å². The predicted molar refractivity (Wildman–Crippen MR) is 87.8 cm³/mol. The smallest absolute Gasteiger partial charge is 0.234 e. The summed E-state index contributed by atoms with van der Waals surface area (Å²) in [6.45, 7) is 1.78. The summed E-state index contributed by atoms with van der Waals surface area (Å²) < 4.78 is 5.66. The van der Waals surface area contributed by atoms with Crippen LogP contribution >= 0.6 is 0 Å². The molecule has 1 aromatic heterocycles. The van der Waals surface area contributed by atoms with Crippen molar-refractivity contribution in [2.24, 2.45) is 5.73 Å². The summed E-state index contributed by atoms with van der Waals surface area (Å²) in [4.78, 5) is 22.2. The number of piperidine rings is 1. The fourth-order valence-corrected chi connectivity index (χ4v) is 2.80. The zero-order chi connectivity index (χ0) is 16.9. The molecule has 0 spiro atoms. The van der Waals surface area contributed by atoms with Crippen molar-refractivity contribution < 1.29 is 9.53 Å². The van der Waals surface area contributed by atoms with E-state index in [1.807, 2.05) is 4.90 Å². The number of nitrogens with zero attached hydrogens (tertiary/aromatic N) is 4. The van der Waals surface area contributed by atoms with Crippen molar-refractivity contribution in [3.8, 4) is 11.9 Å². The highest BCUT2D eigenvalue weighted by Crippen LogP contribution is 2.17. The first-order chi connectivity index (χ1) is 11.7. The van der Waals surface area contributed by atoms with E-state index in [1.54, 1.807) is 24.4 Å². The van der Waals surface area contributed by atoms with E-state index < -0.39 is 0 Å². The minimum Gasteiger partial charge on any atom is -0.475 e. The molecule has 1 aliphatic rings. The largest absolute Gasteiger partial charge is 0.475 e. The van der Waals surface area contributed by atoms with Gasteiger partial charge in [0.1, 0.15) is 6.61 Å². The van der Waals surface area contributed by atoms with Crippen LogP contribution in [0.1, 0.15) is 18.4 Å². The van der Waals surface area contributed by atoms with Crippen LogP contribution in [0.4, 0.5) is 0 Å². The molecule has 1 saturated heterocycles. The lowest BCUT2D eigenvalue weighted by Crippen LogP contribution is -2.49. The van der Waals surface area contributed by atoms with Crippen molar-refractivity contribution >= 4 is 16.9 Å². The van der Waals surface area contributed by atoms with Crippen molar-refractivity contribution in [2.75, 3.05) is 19.7 Å². The van der Waals surface area contributed by atoms with Crippen molar-refractivity contribution in [1.29, 1.82) is 5.26 Å². The molecule has 2 N–H and O–H groups in total. The predicted octanol–water partition coefficient (Wildman–Crippen LogP) is 1.03. The number of likely N-dealkylation sites (tertiary alicyclic amines) is 1. The summed E-state index contributed by atoms with van der Waals surface area (Å²) in [6, 6.07) is 6.96. The van der Waals surface area contributed by atoms with Gasteiger partial charge in [0.25, 0.3) is 0 Å². The number of hydrogen-bond donors (Lipinski definition) is 1. The van der Waals surface area contributed by atoms with Crippen LogP contribution in [0.2, 0.25) is 0 Å². The maximum atomic E-state index is 11.5. The average Bonchev–Trinajstić information content (AvgIpc) is 2.61. The molecule has 123 valence electrons. The second-order valence-electron chi connectivity index (χ2n) is 5.64. The molecule has 1 aromatic carbocycles. The third kappa shape index (κ3) is 3.60. The highest BCUT2D eigenvalue weighted by atomic mass is 16.5. The quantitative estimate of drug-likeness (QED) is 0.881. The molecule has 24 heavy (non-hydrogen) atoms. The molecule has 0 saturated carbocycles. The molecule has 2 heterocycles. The molecule has 1 aliphatic heterocycles. The monoisotopic (exact) mass is 324 g/mol. The summed E-state index contributed by atoms with van der Waals surface area (Å²) in [5.74, 6) is 0.0947. The van der Waals surface area contributed by atoms with Crippen LogP contribution in [-0.4, -0.2) is 46.5 Å². The Kier molecular flexibility index (Phi) is 4.87. The Morgan fingerprint density at radius 3 is 3.12 bits per heavy atom. The van der Waals surface area contributed by atoms with E-state index in [1.165, 1.54) is 0 Å². The molecule has 1 unspecified atom stereocenters. The van der Waals surface area contributed by atoms with Gasteiger partial charge in [-0.3, -0.25) is 9.69 Å². The third-order valence-corrected chi connectivity index (χ3v) is 4.06. The molecule has 1 atom stereocenters. The minimum atomic E-state index is -0.305. The van der Waals surface area contributed by atoms with Crippen molar-refractivity contribution in [3.05, 3.63) is 36.4 Å². The first kappa shape index (κ1) is 16.1. The van der Waals surface area contributed by atoms with Gasteiger partial charge in [-0.1, -0.05) is 0 Å². The Morgan fingerprint density at radius 2 is 2.33 bits per heavy atom. The van der Waals surface area contributed by atoms with Crippen LogP contribution in [0.3, 0.4) is 0 Å². The van der Waals surface area contributed by atoms with E-state index in [0.29, 0.717) is 42.0 Å². The molecule has 7 nitrogen and oxygen atoms in total. The Morgan fingerprint density at radius 1 is 1.46 bits per heavy atom. The summed E-state index contributed by atoms with van der Waals surface area (Å²) in [5.41, 5.74) is 7.30. The number of carbonyl (C=O) groups is 1. The molecule has 7 heteroatoms. The molecule has 1 amide bonds.